The largest absolute Gasteiger partial charge is 0.327 e. The predicted octanol–water partition coefficient (Wildman–Crippen LogP) is -0.239. The number of hydrogen-bond acceptors (Lipinski definition) is 5. The average molecular weight is 235 g/mol. The molecule has 0 aliphatic carbocycles. The number of hydrazine groups is 1. The summed E-state index contributed by atoms with van der Waals surface area (Å²) in [7, 11) is 1.60. The lowest BCUT2D eigenvalue weighted by Crippen LogP contribution is -2.31. The van der Waals surface area contributed by atoms with Gasteiger partial charge in [-0.05, 0) is 17.7 Å². The maximum atomic E-state index is 11.6. The Morgan fingerprint density at radius 1 is 1.53 bits per heavy atom. The number of likely N-dealkylation sites (N-methyl/N-ethyl adjacent to an activating group) is 1. The van der Waals surface area contributed by atoms with Gasteiger partial charge in [0.15, 0.2) is 0 Å². The van der Waals surface area contributed by atoms with Crippen LogP contribution in [0.5, 0.6) is 0 Å². The summed E-state index contributed by atoms with van der Waals surface area (Å²) < 4.78 is 0. The summed E-state index contributed by atoms with van der Waals surface area (Å²) in [4.78, 5) is 29.7. The van der Waals surface area contributed by atoms with Crippen LogP contribution < -0.4 is 11.3 Å². The summed E-state index contributed by atoms with van der Waals surface area (Å²) in [6, 6.07) is 3.15. The zero-order valence-corrected chi connectivity index (χ0v) is 9.38. The fraction of sp³-hybridized carbons (Fsp3) is 0.300. The monoisotopic (exact) mass is 235 g/mol. The molecule has 2 rings (SSSR count). The molecule has 7 heteroatoms. The highest BCUT2D eigenvalue weighted by Gasteiger charge is 2.33. The van der Waals surface area contributed by atoms with Crippen LogP contribution in [-0.2, 0) is 11.3 Å². The van der Waals surface area contributed by atoms with E-state index in [1.165, 1.54) is 9.80 Å². The van der Waals surface area contributed by atoms with Gasteiger partial charge in [-0.2, -0.15) is 0 Å². The average Bonchev–Trinajstić information content (AvgIpc) is 2.56. The second-order valence-corrected chi connectivity index (χ2v) is 3.81. The molecule has 1 aliphatic rings. The highest BCUT2D eigenvalue weighted by molar-refractivity contribution is 6.01. The molecule has 0 aromatic carbocycles. The zero-order valence-electron chi connectivity index (χ0n) is 9.38. The molecule has 1 aromatic rings. The molecule has 0 bridgehead atoms. The van der Waals surface area contributed by atoms with Gasteiger partial charge >= 0.3 is 6.03 Å². The molecule has 0 atom stereocenters. The molecule has 3 N–H and O–H groups in total. The molecule has 0 spiro atoms. The number of hydrogen-bond donors (Lipinski definition) is 2. The van der Waals surface area contributed by atoms with Crippen LogP contribution in [0.3, 0.4) is 0 Å². The molecular weight excluding hydrogens is 222 g/mol. The molecule has 0 radical (unpaired) electrons. The van der Waals surface area contributed by atoms with Gasteiger partial charge in [-0.25, -0.2) is 15.6 Å². The van der Waals surface area contributed by atoms with Crippen LogP contribution in [-0.4, -0.2) is 40.3 Å². The van der Waals surface area contributed by atoms with Crippen molar-refractivity contribution in [3.05, 3.63) is 23.9 Å². The molecule has 17 heavy (non-hydrogen) atoms. The summed E-state index contributed by atoms with van der Waals surface area (Å²) in [5.74, 6) is 5.53. The van der Waals surface area contributed by atoms with E-state index in [1.807, 2.05) is 0 Å². The number of rotatable bonds is 3. The first-order valence-corrected chi connectivity index (χ1v) is 5.09. The molecule has 1 saturated heterocycles. The van der Waals surface area contributed by atoms with E-state index in [1.54, 1.807) is 25.4 Å². The van der Waals surface area contributed by atoms with Crippen molar-refractivity contribution in [2.75, 3.05) is 19.0 Å². The summed E-state index contributed by atoms with van der Waals surface area (Å²) in [6.07, 6.45) is 1.57. The van der Waals surface area contributed by atoms with Gasteiger partial charge in [0.05, 0.1) is 6.54 Å². The van der Waals surface area contributed by atoms with Crippen LogP contribution >= 0.6 is 0 Å². The number of urea groups is 1. The molecule has 7 nitrogen and oxygen atoms in total. The number of aromatic nitrogens is 1. The third-order valence-electron chi connectivity index (χ3n) is 2.54. The van der Waals surface area contributed by atoms with Gasteiger partial charge in [-0.15, -0.1) is 0 Å². The third-order valence-corrected chi connectivity index (χ3v) is 2.54. The minimum absolute atomic E-state index is 0.131. The lowest BCUT2D eigenvalue weighted by atomic mass is 10.2. The van der Waals surface area contributed by atoms with E-state index in [0.29, 0.717) is 5.82 Å². The van der Waals surface area contributed by atoms with E-state index in [-0.39, 0.29) is 25.0 Å². The lowest BCUT2D eigenvalue weighted by Gasteiger charge is -2.14. The Balaban J connectivity index is 2.15. The number of nitrogens with one attached hydrogen (secondary N) is 1. The second-order valence-electron chi connectivity index (χ2n) is 3.81. The smallest absolute Gasteiger partial charge is 0.318 e. The third kappa shape index (κ3) is 2.18. The Hall–Kier alpha value is -2.15. The van der Waals surface area contributed by atoms with Gasteiger partial charge in [0, 0.05) is 13.2 Å². The molecule has 90 valence electrons. The number of pyridine rings is 1. The van der Waals surface area contributed by atoms with Crippen LogP contribution in [0.15, 0.2) is 18.3 Å². The highest BCUT2D eigenvalue weighted by atomic mass is 16.2. The molecular formula is C10H13N5O2. The Kier molecular flexibility index (Phi) is 2.92. The van der Waals surface area contributed by atoms with Gasteiger partial charge in [0.2, 0.25) is 0 Å². The summed E-state index contributed by atoms with van der Waals surface area (Å²) in [5, 5.41) is 0. The van der Waals surface area contributed by atoms with E-state index in [4.69, 9.17) is 5.84 Å². The first-order valence-electron chi connectivity index (χ1n) is 5.09. The first kappa shape index (κ1) is 11.3. The minimum atomic E-state index is -0.283. The normalized spacial score (nSPS) is 15.6. The van der Waals surface area contributed by atoms with E-state index >= 15 is 0 Å². The molecule has 1 fully saturated rings. The molecule has 3 amide bonds. The Bertz CT molecular complexity index is 462. The lowest BCUT2D eigenvalue weighted by molar-refractivity contribution is -0.125. The van der Waals surface area contributed by atoms with Gasteiger partial charge in [-0.1, -0.05) is 0 Å². The fourth-order valence-corrected chi connectivity index (χ4v) is 1.66. The first-order chi connectivity index (χ1) is 8.11. The zero-order chi connectivity index (χ0) is 12.4. The summed E-state index contributed by atoms with van der Waals surface area (Å²) in [6.45, 7) is 0.366. The number of nitrogens with two attached hydrogens (primary N) is 1. The van der Waals surface area contributed by atoms with Crippen molar-refractivity contribution in [2.45, 2.75) is 6.54 Å². The van der Waals surface area contributed by atoms with Crippen LogP contribution in [0.1, 0.15) is 5.56 Å². The van der Waals surface area contributed by atoms with Crippen molar-refractivity contribution in [2.24, 2.45) is 5.84 Å². The minimum Gasteiger partial charge on any atom is -0.318 e. The number of nitrogens with zero attached hydrogens (tertiary/aromatic N) is 3. The van der Waals surface area contributed by atoms with Crippen LogP contribution in [0.2, 0.25) is 0 Å². The van der Waals surface area contributed by atoms with Crippen molar-refractivity contribution in [3.8, 4) is 0 Å². The highest BCUT2D eigenvalue weighted by Crippen LogP contribution is 2.14. The number of carbonyl (C=O) groups is 2. The van der Waals surface area contributed by atoms with Crippen molar-refractivity contribution in [3.63, 3.8) is 0 Å². The van der Waals surface area contributed by atoms with Crippen molar-refractivity contribution in [1.29, 1.82) is 0 Å². The van der Waals surface area contributed by atoms with Crippen LogP contribution in [0.4, 0.5) is 10.6 Å². The predicted molar refractivity (Wildman–Crippen MR) is 60.6 cm³/mol. The Morgan fingerprint density at radius 2 is 2.29 bits per heavy atom. The van der Waals surface area contributed by atoms with Crippen molar-refractivity contribution >= 4 is 17.8 Å². The van der Waals surface area contributed by atoms with E-state index in [0.717, 1.165) is 5.56 Å². The summed E-state index contributed by atoms with van der Waals surface area (Å²) >= 11 is 0. The second kappa shape index (κ2) is 4.38. The quantitative estimate of drug-likeness (QED) is 0.428. The number of imide groups is 1. The van der Waals surface area contributed by atoms with Crippen molar-refractivity contribution in [1.82, 2.24) is 14.8 Å². The fourth-order valence-electron chi connectivity index (χ4n) is 1.66. The Labute approximate surface area is 98.2 Å². The SMILES string of the molecule is CN1CC(=O)N(Cc2ccnc(NN)c2)C1=O. The van der Waals surface area contributed by atoms with Crippen molar-refractivity contribution < 1.29 is 9.59 Å². The number of nitrogen functional groups attached to an aromatic ring is 1. The molecule has 0 unspecified atom stereocenters. The summed E-state index contributed by atoms with van der Waals surface area (Å²) in [5.41, 5.74) is 3.21. The maximum Gasteiger partial charge on any atom is 0.327 e. The van der Waals surface area contributed by atoms with E-state index in [9.17, 15) is 9.59 Å². The van der Waals surface area contributed by atoms with E-state index in [2.05, 4.69) is 10.4 Å². The van der Waals surface area contributed by atoms with Crippen LogP contribution in [0.25, 0.3) is 0 Å². The number of carbonyl (C=O) groups excluding carboxylic acids is 2. The topological polar surface area (TPSA) is 91.6 Å². The van der Waals surface area contributed by atoms with Crippen LogP contribution in [0, 0.1) is 0 Å². The van der Waals surface area contributed by atoms with Gasteiger partial charge in [0.1, 0.15) is 12.4 Å². The van der Waals surface area contributed by atoms with Gasteiger partial charge in [-0.3, -0.25) is 9.69 Å². The number of anilines is 1. The van der Waals surface area contributed by atoms with Gasteiger partial charge in [0.25, 0.3) is 5.91 Å². The molecule has 1 aliphatic heterocycles. The molecule has 0 saturated carbocycles. The molecule has 2 heterocycles. The standard InChI is InChI=1S/C10H13N5O2/c1-14-6-9(16)15(10(14)17)5-7-2-3-12-8(4-7)13-11/h2-4H,5-6,11H2,1H3,(H,12,13). The number of amides is 3. The molecule has 1 aromatic heterocycles. The Morgan fingerprint density at radius 3 is 2.88 bits per heavy atom. The van der Waals surface area contributed by atoms with E-state index < -0.39 is 0 Å². The van der Waals surface area contributed by atoms with Gasteiger partial charge < -0.3 is 10.3 Å². The maximum absolute atomic E-state index is 11.6.